The van der Waals surface area contributed by atoms with Gasteiger partial charge in [-0.2, -0.15) is 0 Å². The Bertz CT molecular complexity index is 456. The second kappa shape index (κ2) is 5.87. The highest BCUT2D eigenvalue weighted by molar-refractivity contribution is 5.39. The fraction of sp³-hybridized carbons (Fsp3) is 0.538. The zero-order valence-electron chi connectivity index (χ0n) is 10.5. The van der Waals surface area contributed by atoms with Crippen molar-refractivity contribution < 1.29 is 5.11 Å². The summed E-state index contributed by atoms with van der Waals surface area (Å²) in [5.41, 5.74) is 10.2. The van der Waals surface area contributed by atoms with Crippen LogP contribution in [0.25, 0.3) is 10.4 Å². The maximum atomic E-state index is 9.86. The monoisotopic (exact) mass is 246 g/mol. The first-order chi connectivity index (χ1) is 8.69. The van der Waals surface area contributed by atoms with E-state index in [-0.39, 0.29) is 6.10 Å². The van der Waals surface area contributed by atoms with E-state index in [4.69, 9.17) is 5.53 Å². The molecule has 2 rings (SSSR count). The Morgan fingerprint density at radius 3 is 3.11 bits per heavy atom. The second-order valence-corrected chi connectivity index (χ2v) is 4.93. The summed E-state index contributed by atoms with van der Waals surface area (Å²) >= 11 is 0. The van der Waals surface area contributed by atoms with Gasteiger partial charge in [-0.25, -0.2) is 0 Å². The number of benzene rings is 1. The van der Waals surface area contributed by atoms with Gasteiger partial charge in [0.05, 0.1) is 6.10 Å². The van der Waals surface area contributed by atoms with Crippen LogP contribution in [0.1, 0.15) is 18.9 Å². The molecule has 1 N–H and O–H groups in total. The van der Waals surface area contributed by atoms with Crippen LogP contribution in [0.5, 0.6) is 0 Å². The van der Waals surface area contributed by atoms with Crippen LogP contribution in [0, 0.1) is 5.92 Å². The van der Waals surface area contributed by atoms with Crippen LogP contribution >= 0.6 is 0 Å². The summed E-state index contributed by atoms with van der Waals surface area (Å²) in [6.45, 7) is 4.60. The molecule has 1 fully saturated rings. The standard InChI is InChI=1S/C13H18N4O/c1-10-5-6-17(9-13(10)18)8-11-3-2-4-12(7-11)15-16-14/h2-4,7,10,13,18H,5-6,8-9H2,1H3. The number of β-amino-alcohol motifs (C(OH)–C–C–N with tert-alkyl or cyclic N) is 1. The molecular formula is C13H18N4O. The number of rotatable bonds is 3. The highest BCUT2D eigenvalue weighted by atomic mass is 16.3. The third kappa shape index (κ3) is 3.23. The average Bonchev–Trinajstić information content (AvgIpc) is 2.35. The number of azide groups is 1. The number of aliphatic hydroxyl groups is 1. The number of hydrogen-bond acceptors (Lipinski definition) is 3. The molecule has 0 aromatic heterocycles. The summed E-state index contributed by atoms with van der Waals surface area (Å²) in [4.78, 5) is 5.02. The van der Waals surface area contributed by atoms with E-state index in [1.165, 1.54) is 0 Å². The Kier molecular flexibility index (Phi) is 4.20. The quantitative estimate of drug-likeness (QED) is 0.506. The minimum atomic E-state index is -0.237. The highest BCUT2D eigenvalue weighted by Gasteiger charge is 2.23. The fourth-order valence-corrected chi connectivity index (χ4v) is 2.28. The topological polar surface area (TPSA) is 72.2 Å². The van der Waals surface area contributed by atoms with Crippen LogP contribution in [0.4, 0.5) is 5.69 Å². The molecule has 18 heavy (non-hydrogen) atoms. The molecule has 1 saturated heterocycles. The Morgan fingerprint density at radius 2 is 2.39 bits per heavy atom. The van der Waals surface area contributed by atoms with E-state index in [9.17, 15) is 5.11 Å². The minimum Gasteiger partial charge on any atom is -0.392 e. The predicted molar refractivity (Wildman–Crippen MR) is 70.3 cm³/mol. The van der Waals surface area contributed by atoms with Gasteiger partial charge in [-0.1, -0.05) is 30.2 Å². The van der Waals surface area contributed by atoms with Crippen LogP contribution < -0.4 is 0 Å². The molecule has 5 nitrogen and oxygen atoms in total. The molecule has 0 radical (unpaired) electrons. The van der Waals surface area contributed by atoms with Crippen molar-refractivity contribution in [3.05, 3.63) is 40.3 Å². The normalized spacial score (nSPS) is 24.6. The maximum absolute atomic E-state index is 9.86. The van der Waals surface area contributed by atoms with Crippen LogP contribution in [-0.4, -0.2) is 29.2 Å². The first-order valence-corrected chi connectivity index (χ1v) is 6.23. The molecule has 1 aliphatic rings. The number of hydrogen-bond donors (Lipinski definition) is 1. The molecule has 0 amide bonds. The molecule has 1 aromatic carbocycles. The van der Waals surface area contributed by atoms with Gasteiger partial charge in [-0.15, -0.1) is 0 Å². The summed E-state index contributed by atoms with van der Waals surface area (Å²) in [6.07, 6.45) is 0.788. The third-order valence-electron chi connectivity index (χ3n) is 3.48. The van der Waals surface area contributed by atoms with E-state index in [0.717, 1.165) is 25.1 Å². The fourth-order valence-electron chi connectivity index (χ4n) is 2.28. The van der Waals surface area contributed by atoms with Crippen molar-refractivity contribution in [3.63, 3.8) is 0 Å². The van der Waals surface area contributed by atoms with E-state index < -0.39 is 0 Å². The van der Waals surface area contributed by atoms with Crippen LogP contribution in [0.15, 0.2) is 29.4 Å². The second-order valence-electron chi connectivity index (χ2n) is 4.93. The summed E-state index contributed by atoms with van der Waals surface area (Å²) in [7, 11) is 0. The summed E-state index contributed by atoms with van der Waals surface area (Å²) < 4.78 is 0. The first-order valence-electron chi connectivity index (χ1n) is 6.23. The number of nitrogens with zero attached hydrogens (tertiary/aromatic N) is 4. The van der Waals surface area contributed by atoms with Crippen molar-refractivity contribution in [1.29, 1.82) is 0 Å². The van der Waals surface area contributed by atoms with Crippen LogP contribution in [0.2, 0.25) is 0 Å². The van der Waals surface area contributed by atoms with Crippen molar-refractivity contribution >= 4 is 5.69 Å². The van der Waals surface area contributed by atoms with Gasteiger partial charge >= 0.3 is 0 Å². The molecule has 0 spiro atoms. The molecule has 1 aliphatic heterocycles. The average molecular weight is 246 g/mol. The number of aliphatic hydroxyl groups excluding tert-OH is 1. The Balaban J connectivity index is 2.01. The van der Waals surface area contributed by atoms with Crippen molar-refractivity contribution in [2.45, 2.75) is 26.0 Å². The van der Waals surface area contributed by atoms with Gasteiger partial charge in [0, 0.05) is 23.7 Å². The van der Waals surface area contributed by atoms with Gasteiger partial charge in [0.1, 0.15) is 0 Å². The maximum Gasteiger partial charge on any atom is 0.0693 e. The van der Waals surface area contributed by atoms with E-state index in [1.54, 1.807) is 6.07 Å². The van der Waals surface area contributed by atoms with E-state index in [2.05, 4.69) is 21.8 Å². The largest absolute Gasteiger partial charge is 0.392 e. The molecule has 0 saturated carbocycles. The van der Waals surface area contributed by atoms with Crippen molar-refractivity contribution in [1.82, 2.24) is 4.90 Å². The van der Waals surface area contributed by atoms with E-state index in [1.807, 2.05) is 18.2 Å². The third-order valence-corrected chi connectivity index (χ3v) is 3.48. The SMILES string of the molecule is CC1CCN(Cc2cccc(N=[N+]=[N-])c2)CC1O. The molecule has 2 unspecified atom stereocenters. The molecule has 1 heterocycles. The minimum absolute atomic E-state index is 0.237. The molecule has 2 atom stereocenters. The lowest BCUT2D eigenvalue weighted by molar-refractivity contribution is 0.0259. The molecule has 96 valence electrons. The highest BCUT2D eigenvalue weighted by Crippen LogP contribution is 2.20. The van der Waals surface area contributed by atoms with Crippen LogP contribution in [0.3, 0.4) is 0 Å². The van der Waals surface area contributed by atoms with Gasteiger partial charge < -0.3 is 5.11 Å². The Labute approximate surface area is 107 Å². The molecule has 0 bridgehead atoms. The molecule has 1 aromatic rings. The summed E-state index contributed by atoms with van der Waals surface area (Å²) in [5, 5.41) is 13.5. The number of likely N-dealkylation sites (tertiary alicyclic amines) is 1. The Morgan fingerprint density at radius 1 is 1.56 bits per heavy atom. The lowest BCUT2D eigenvalue weighted by Crippen LogP contribution is -2.42. The van der Waals surface area contributed by atoms with Gasteiger partial charge in [0.15, 0.2) is 0 Å². The van der Waals surface area contributed by atoms with Crippen molar-refractivity contribution in [2.24, 2.45) is 11.0 Å². The van der Waals surface area contributed by atoms with Gasteiger partial charge in [0.2, 0.25) is 0 Å². The smallest absolute Gasteiger partial charge is 0.0693 e. The van der Waals surface area contributed by atoms with Gasteiger partial charge in [-0.3, -0.25) is 4.90 Å². The van der Waals surface area contributed by atoms with Crippen molar-refractivity contribution in [2.75, 3.05) is 13.1 Å². The first kappa shape index (κ1) is 12.9. The van der Waals surface area contributed by atoms with Gasteiger partial charge in [0.25, 0.3) is 0 Å². The lowest BCUT2D eigenvalue weighted by atomic mass is 9.96. The number of piperidine rings is 1. The predicted octanol–water partition coefficient (Wildman–Crippen LogP) is 2.83. The Hall–Kier alpha value is -1.55. The van der Waals surface area contributed by atoms with Gasteiger partial charge in [-0.05, 0) is 36.0 Å². The van der Waals surface area contributed by atoms with E-state index >= 15 is 0 Å². The lowest BCUT2D eigenvalue weighted by Gasteiger charge is -2.34. The molecular weight excluding hydrogens is 228 g/mol. The molecule has 5 heteroatoms. The van der Waals surface area contributed by atoms with E-state index in [0.29, 0.717) is 18.2 Å². The van der Waals surface area contributed by atoms with Crippen LogP contribution in [-0.2, 0) is 6.54 Å². The van der Waals surface area contributed by atoms with Crippen molar-refractivity contribution in [3.8, 4) is 0 Å². The summed E-state index contributed by atoms with van der Waals surface area (Å²) in [5.74, 6) is 0.385. The molecule has 0 aliphatic carbocycles. The zero-order valence-corrected chi connectivity index (χ0v) is 10.5. The zero-order chi connectivity index (χ0) is 13.0. The summed E-state index contributed by atoms with van der Waals surface area (Å²) in [6, 6.07) is 7.59.